The molecule has 94 valence electrons. The van der Waals surface area contributed by atoms with E-state index in [0.717, 1.165) is 11.8 Å². The average molecular weight is 263 g/mol. The molecule has 0 aromatic carbocycles. The number of fused-ring (bicyclic) bond motifs is 1. The second-order valence-corrected chi connectivity index (χ2v) is 4.92. The van der Waals surface area contributed by atoms with E-state index in [1.807, 2.05) is 0 Å². The molecule has 2 rings (SSSR count). The molecule has 0 amide bonds. The maximum atomic E-state index is 12.7. The zero-order valence-electron chi connectivity index (χ0n) is 9.23. The second-order valence-electron chi connectivity index (χ2n) is 3.95. The van der Waals surface area contributed by atoms with Crippen LogP contribution in [0, 0.1) is 0 Å². The Bertz CT molecular complexity index is 438. The maximum Gasteiger partial charge on any atom is 0.395 e. The molecule has 0 bridgehead atoms. The summed E-state index contributed by atoms with van der Waals surface area (Å²) in [5.41, 5.74) is 0.197. The Kier molecular flexibility index (Phi) is 3.18. The van der Waals surface area contributed by atoms with E-state index in [9.17, 15) is 13.2 Å². The minimum Gasteiger partial charge on any atom is -0.459 e. The number of ether oxygens (including phenoxy) is 1. The summed E-state index contributed by atoms with van der Waals surface area (Å²) in [6, 6.07) is 0. The van der Waals surface area contributed by atoms with Crippen LogP contribution in [0.25, 0.3) is 0 Å². The van der Waals surface area contributed by atoms with E-state index in [1.54, 1.807) is 0 Å². The molecule has 1 aliphatic heterocycles. The Labute approximate surface area is 101 Å². The SMILES string of the molecule is C=C1CNCc2scc(C(C)C(F)(F)F)c2O1. The van der Waals surface area contributed by atoms with Crippen molar-refractivity contribution in [2.75, 3.05) is 6.54 Å². The number of thiophene rings is 1. The molecule has 6 heteroatoms. The van der Waals surface area contributed by atoms with Gasteiger partial charge in [0.1, 0.15) is 11.5 Å². The van der Waals surface area contributed by atoms with Gasteiger partial charge in [0.05, 0.1) is 17.3 Å². The van der Waals surface area contributed by atoms with E-state index in [4.69, 9.17) is 4.74 Å². The van der Waals surface area contributed by atoms with E-state index in [2.05, 4.69) is 11.9 Å². The van der Waals surface area contributed by atoms with Gasteiger partial charge in [-0.3, -0.25) is 0 Å². The fourth-order valence-electron chi connectivity index (χ4n) is 1.61. The van der Waals surface area contributed by atoms with Gasteiger partial charge in [-0.2, -0.15) is 13.2 Å². The van der Waals surface area contributed by atoms with E-state index < -0.39 is 12.1 Å². The molecule has 2 nitrogen and oxygen atoms in total. The van der Waals surface area contributed by atoms with Crippen LogP contribution >= 0.6 is 11.3 Å². The molecule has 0 saturated carbocycles. The predicted molar refractivity (Wildman–Crippen MR) is 60.3 cm³/mol. The lowest BCUT2D eigenvalue weighted by molar-refractivity contribution is -0.146. The summed E-state index contributed by atoms with van der Waals surface area (Å²) in [7, 11) is 0. The summed E-state index contributed by atoms with van der Waals surface area (Å²) >= 11 is 1.28. The highest BCUT2D eigenvalue weighted by Crippen LogP contribution is 2.43. The Morgan fingerprint density at radius 3 is 2.82 bits per heavy atom. The molecule has 0 spiro atoms. The Morgan fingerprint density at radius 2 is 2.18 bits per heavy atom. The molecule has 1 aliphatic rings. The Balaban J connectivity index is 2.37. The molecule has 0 radical (unpaired) electrons. The topological polar surface area (TPSA) is 21.3 Å². The number of hydrogen-bond donors (Lipinski definition) is 1. The summed E-state index contributed by atoms with van der Waals surface area (Å²) in [5, 5.41) is 4.57. The van der Waals surface area contributed by atoms with Gasteiger partial charge in [-0.15, -0.1) is 11.3 Å². The van der Waals surface area contributed by atoms with Crippen molar-refractivity contribution in [1.29, 1.82) is 0 Å². The van der Waals surface area contributed by atoms with E-state index in [1.165, 1.54) is 16.7 Å². The van der Waals surface area contributed by atoms with Gasteiger partial charge in [-0.1, -0.05) is 6.58 Å². The fourth-order valence-corrected chi connectivity index (χ4v) is 2.64. The van der Waals surface area contributed by atoms with Gasteiger partial charge >= 0.3 is 6.18 Å². The lowest BCUT2D eigenvalue weighted by atomic mass is 10.0. The minimum absolute atomic E-state index is 0.197. The molecule has 0 aliphatic carbocycles. The van der Waals surface area contributed by atoms with Gasteiger partial charge in [0.15, 0.2) is 0 Å². The maximum absolute atomic E-state index is 12.7. The zero-order chi connectivity index (χ0) is 12.6. The molecule has 17 heavy (non-hydrogen) atoms. The highest BCUT2D eigenvalue weighted by atomic mass is 32.1. The van der Waals surface area contributed by atoms with Crippen LogP contribution in [0.4, 0.5) is 13.2 Å². The molecular weight excluding hydrogens is 251 g/mol. The lowest BCUT2D eigenvalue weighted by Crippen LogP contribution is -2.18. The van der Waals surface area contributed by atoms with Crippen LogP contribution in [0.2, 0.25) is 0 Å². The first-order valence-electron chi connectivity index (χ1n) is 5.13. The first-order valence-corrected chi connectivity index (χ1v) is 6.01. The van der Waals surface area contributed by atoms with Crippen LogP contribution in [0.5, 0.6) is 5.75 Å². The van der Waals surface area contributed by atoms with Crippen molar-refractivity contribution >= 4 is 11.3 Å². The largest absolute Gasteiger partial charge is 0.459 e. The summed E-state index contributed by atoms with van der Waals surface area (Å²) in [5.74, 6) is -0.749. The first kappa shape index (κ1) is 12.4. The van der Waals surface area contributed by atoms with Crippen molar-refractivity contribution in [2.45, 2.75) is 25.6 Å². The summed E-state index contributed by atoms with van der Waals surface area (Å²) in [4.78, 5) is 0.787. The van der Waals surface area contributed by atoms with Gasteiger partial charge in [0.2, 0.25) is 0 Å². The normalized spacial score (nSPS) is 18.2. The third-order valence-corrected chi connectivity index (χ3v) is 3.64. The van der Waals surface area contributed by atoms with Crippen LogP contribution in [-0.4, -0.2) is 12.7 Å². The highest BCUT2D eigenvalue weighted by Gasteiger charge is 2.40. The molecule has 1 aromatic rings. The fraction of sp³-hybridized carbons (Fsp3) is 0.455. The molecule has 1 aromatic heterocycles. The molecule has 1 unspecified atom stereocenters. The second kappa shape index (κ2) is 4.34. The standard InChI is InChI=1S/C11H12F3NOS/c1-6-3-15-4-9-10(16-6)8(5-17-9)7(2)11(12,13)14/h5,7,15H,1,3-4H2,2H3. The summed E-state index contributed by atoms with van der Waals surface area (Å²) in [6.45, 7) is 5.78. The lowest BCUT2D eigenvalue weighted by Gasteiger charge is -2.16. The van der Waals surface area contributed by atoms with Gasteiger partial charge in [-0.25, -0.2) is 0 Å². The van der Waals surface area contributed by atoms with E-state index >= 15 is 0 Å². The number of nitrogens with one attached hydrogen (secondary N) is 1. The van der Waals surface area contributed by atoms with Crippen molar-refractivity contribution < 1.29 is 17.9 Å². The molecule has 1 atom stereocenters. The van der Waals surface area contributed by atoms with Gasteiger partial charge in [0, 0.05) is 12.1 Å². The first-order chi connectivity index (χ1) is 7.89. The van der Waals surface area contributed by atoms with Crippen LogP contribution in [0.15, 0.2) is 17.7 Å². The molecule has 0 fully saturated rings. The Morgan fingerprint density at radius 1 is 1.47 bits per heavy atom. The van der Waals surface area contributed by atoms with Crippen molar-refractivity contribution in [3.63, 3.8) is 0 Å². The summed E-state index contributed by atoms with van der Waals surface area (Å²) in [6.07, 6.45) is -4.25. The number of rotatable bonds is 1. The van der Waals surface area contributed by atoms with Crippen molar-refractivity contribution in [1.82, 2.24) is 5.32 Å². The van der Waals surface area contributed by atoms with Gasteiger partial charge in [-0.05, 0) is 12.3 Å². The molecule has 1 N–H and O–H groups in total. The number of alkyl halides is 3. The van der Waals surface area contributed by atoms with Crippen LogP contribution < -0.4 is 10.1 Å². The highest BCUT2D eigenvalue weighted by molar-refractivity contribution is 7.10. The van der Waals surface area contributed by atoms with Crippen molar-refractivity contribution in [2.24, 2.45) is 0 Å². The van der Waals surface area contributed by atoms with Crippen molar-refractivity contribution in [3.05, 3.63) is 28.2 Å². The monoisotopic (exact) mass is 263 g/mol. The van der Waals surface area contributed by atoms with Gasteiger partial charge < -0.3 is 10.1 Å². The molecule has 0 saturated heterocycles. The van der Waals surface area contributed by atoms with E-state index in [-0.39, 0.29) is 5.56 Å². The number of hydrogen-bond acceptors (Lipinski definition) is 3. The van der Waals surface area contributed by atoms with Gasteiger partial charge in [0.25, 0.3) is 0 Å². The van der Waals surface area contributed by atoms with Crippen LogP contribution in [0.1, 0.15) is 23.3 Å². The predicted octanol–water partition coefficient (Wildman–Crippen LogP) is 3.41. The molecule has 2 heterocycles. The smallest absolute Gasteiger partial charge is 0.395 e. The van der Waals surface area contributed by atoms with Crippen LogP contribution in [-0.2, 0) is 6.54 Å². The minimum atomic E-state index is -4.25. The van der Waals surface area contributed by atoms with E-state index in [0.29, 0.717) is 24.6 Å². The number of halogens is 3. The quantitative estimate of drug-likeness (QED) is 0.838. The molecular formula is C11H12F3NOS. The third kappa shape index (κ3) is 2.47. The Hall–Kier alpha value is -1.01. The van der Waals surface area contributed by atoms with Crippen LogP contribution in [0.3, 0.4) is 0 Å². The third-order valence-electron chi connectivity index (χ3n) is 2.66. The summed E-state index contributed by atoms with van der Waals surface area (Å²) < 4.78 is 43.5. The average Bonchev–Trinajstić information content (AvgIpc) is 2.50. The zero-order valence-corrected chi connectivity index (χ0v) is 10.0. The van der Waals surface area contributed by atoms with Crippen molar-refractivity contribution in [3.8, 4) is 5.75 Å².